The lowest BCUT2D eigenvalue weighted by molar-refractivity contribution is 0.101. The lowest BCUT2D eigenvalue weighted by atomic mass is 9.75. The van der Waals surface area contributed by atoms with Crippen molar-refractivity contribution in [3.05, 3.63) is 64.7 Å². The molecule has 170 valence electrons. The number of carbonyl (C=O) groups is 1. The Hall–Kier alpha value is -2.59. The van der Waals surface area contributed by atoms with E-state index in [4.69, 9.17) is 15.3 Å². The van der Waals surface area contributed by atoms with Gasteiger partial charge in [-0.15, -0.1) is 0 Å². The highest BCUT2D eigenvalue weighted by Gasteiger charge is 2.24. The standard InChI is InChI=1S/C16H18O.C8H10O2.C2H6.CH4O/c1-11(17)14-8-9-15(12-4-2-5-12)16(10-14)13-6-3-7-13;1-2-6-3-4-7(9)8(10)5-6;2*1-2/h6,8-10,12H,2-5,7H2,1H3;3-5,9-10H,2H2,1H3;1-2H3;2H,1H3. The van der Waals surface area contributed by atoms with Gasteiger partial charge >= 0.3 is 0 Å². The van der Waals surface area contributed by atoms with E-state index >= 15 is 0 Å². The number of rotatable bonds is 4. The van der Waals surface area contributed by atoms with E-state index in [9.17, 15) is 4.79 Å². The Morgan fingerprint density at radius 2 is 1.65 bits per heavy atom. The molecule has 2 aliphatic carbocycles. The van der Waals surface area contributed by atoms with Crippen LogP contribution < -0.4 is 0 Å². The highest BCUT2D eigenvalue weighted by atomic mass is 16.3. The molecule has 1 fully saturated rings. The largest absolute Gasteiger partial charge is 0.504 e. The minimum absolute atomic E-state index is 0.0423. The number of aliphatic hydroxyl groups excluding tert-OH is 1. The highest BCUT2D eigenvalue weighted by Crippen LogP contribution is 2.42. The van der Waals surface area contributed by atoms with Gasteiger partial charge in [0, 0.05) is 12.7 Å². The van der Waals surface area contributed by atoms with Crippen LogP contribution >= 0.6 is 0 Å². The van der Waals surface area contributed by atoms with E-state index in [1.165, 1.54) is 54.9 Å². The van der Waals surface area contributed by atoms with Crippen molar-refractivity contribution in [3.8, 4) is 11.5 Å². The Balaban J connectivity index is 0.000000295. The number of phenols is 2. The fourth-order valence-electron chi connectivity index (χ4n) is 3.45. The second kappa shape index (κ2) is 13.7. The molecule has 2 aromatic rings. The van der Waals surface area contributed by atoms with Crippen molar-refractivity contribution >= 4 is 11.4 Å². The van der Waals surface area contributed by atoms with Gasteiger partial charge in [-0.25, -0.2) is 0 Å². The Labute approximate surface area is 187 Å². The van der Waals surface area contributed by atoms with Crippen molar-refractivity contribution in [1.29, 1.82) is 0 Å². The van der Waals surface area contributed by atoms with Gasteiger partial charge in [0.05, 0.1) is 0 Å². The normalized spacial score (nSPS) is 14.1. The molecule has 4 heteroatoms. The predicted octanol–water partition coefficient (Wildman–Crippen LogP) is 6.63. The first-order valence-corrected chi connectivity index (χ1v) is 11.3. The van der Waals surface area contributed by atoms with Crippen LogP contribution in [0.25, 0.3) is 5.57 Å². The monoisotopic (exact) mass is 426 g/mol. The summed E-state index contributed by atoms with van der Waals surface area (Å²) in [6, 6.07) is 11.1. The quantitative estimate of drug-likeness (QED) is 0.379. The van der Waals surface area contributed by atoms with E-state index in [0.717, 1.165) is 30.6 Å². The SMILES string of the molecule is CC.CC(=O)c1ccc(C2CCC2)c(C2=CCC2)c1.CCc1ccc(O)c(O)c1.CO. The van der Waals surface area contributed by atoms with Gasteiger partial charge in [0.15, 0.2) is 17.3 Å². The number of aryl methyl sites for hydroxylation is 1. The molecule has 4 nitrogen and oxygen atoms in total. The van der Waals surface area contributed by atoms with E-state index in [1.54, 1.807) is 19.1 Å². The number of hydrogen-bond acceptors (Lipinski definition) is 4. The maximum atomic E-state index is 11.5. The summed E-state index contributed by atoms with van der Waals surface area (Å²) in [6.07, 6.45) is 9.55. The molecule has 0 amide bonds. The summed E-state index contributed by atoms with van der Waals surface area (Å²) in [7, 11) is 1.00. The van der Waals surface area contributed by atoms with E-state index in [-0.39, 0.29) is 17.3 Å². The molecule has 0 saturated heterocycles. The summed E-state index contributed by atoms with van der Waals surface area (Å²) in [4.78, 5) is 11.5. The molecule has 0 aromatic heterocycles. The molecule has 0 aliphatic heterocycles. The first kappa shape index (κ1) is 26.4. The van der Waals surface area contributed by atoms with E-state index in [0.29, 0.717) is 0 Å². The molecule has 3 N–H and O–H groups in total. The molecule has 0 atom stereocenters. The number of phenolic OH excluding ortho intramolecular Hbond substituents is 2. The number of ketones is 1. The minimum Gasteiger partial charge on any atom is -0.504 e. The summed E-state index contributed by atoms with van der Waals surface area (Å²) in [6.45, 7) is 7.64. The van der Waals surface area contributed by atoms with Crippen molar-refractivity contribution in [2.75, 3.05) is 7.11 Å². The van der Waals surface area contributed by atoms with Gasteiger partial charge in [-0.05, 0) is 85.4 Å². The minimum atomic E-state index is -0.0581. The molecule has 2 aromatic carbocycles. The van der Waals surface area contributed by atoms with Crippen molar-refractivity contribution in [1.82, 2.24) is 0 Å². The van der Waals surface area contributed by atoms with Crippen LogP contribution in [-0.4, -0.2) is 28.2 Å². The summed E-state index contributed by atoms with van der Waals surface area (Å²) >= 11 is 0. The topological polar surface area (TPSA) is 77.8 Å². The van der Waals surface area contributed by atoms with Crippen molar-refractivity contribution < 1.29 is 20.1 Å². The van der Waals surface area contributed by atoms with Crippen molar-refractivity contribution in [2.45, 2.75) is 72.1 Å². The maximum absolute atomic E-state index is 11.5. The lowest BCUT2D eigenvalue weighted by Gasteiger charge is -2.30. The number of aliphatic hydroxyl groups is 1. The summed E-state index contributed by atoms with van der Waals surface area (Å²) in [5.74, 6) is 0.815. The zero-order chi connectivity index (χ0) is 23.4. The molecular weight excluding hydrogens is 388 g/mol. The second-order valence-electron chi connectivity index (χ2n) is 7.43. The van der Waals surface area contributed by atoms with Gasteiger partial charge in [-0.3, -0.25) is 4.79 Å². The van der Waals surface area contributed by atoms with Crippen LogP contribution in [0.3, 0.4) is 0 Å². The van der Waals surface area contributed by atoms with E-state index in [1.807, 2.05) is 26.8 Å². The van der Waals surface area contributed by atoms with Gasteiger partial charge in [0.25, 0.3) is 0 Å². The van der Waals surface area contributed by atoms with Crippen LogP contribution in [0, 0.1) is 0 Å². The summed E-state index contributed by atoms with van der Waals surface area (Å²) < 4.78 is 0. The number of aromatic hydroxyl groups is 2. The number of hydrogen-bond donors (Lipinski definition) is 3. The Morgan fingerprint density at radius 3 is 2.06 bits per heavy atom. The predicted molar refractivity (Wildman–Crippen MR) is 129 cm³/mol. The smallest absolute Gasteiger partial charge is 0.159 e. The first-order valence-electron chi connectivity index (χ1n) is 11.3. The molecular formula is C27H38O4. The molecule has 31 heavy (non-hydrogen) atoms. The number of carbonyl (C=O) groups excluding carboxylic acids is 1. The molecule has 0 unspecified atom stereocenters. The number of benzene rings is 2. The fourth-order valence-corrected chi connectivity index (χ4v) is 3.45. The average Bonchev–Trinajstić information content (AvgIpc) is 2.72. The number of Topliss-reactive ketones (excluding diaryl/α,β-unsaturated/α-hetero) is 1. The van der Waals surface area contributed by atoms with Crippen molar-refractivity contribution in [2.24, 2.45) is 0 Å². The van der Waals surface area contributed by atoms with E-state index in [2.05, 4.69) is 18.2 Å². The van der Waals surface area contributed by atoms with Crippen LogP contribution in [0.5, 0.6) is 11.5 Å². The molecule has 4 rings (SSSR count). The molecule has 0 bridgehead atoms. The molecule has 1 saturated carbocycles. The third-order valence-electron chi connectivity index (χ3n) is 5.60. The zero-order valence-corrected chi connectivity index (χ0v) is 19.6. The van der Waals surface area contributed by atoms with Crippen LogP contribution in [-0.2, 0) is 6.42 Å². The average molecular weight is 427 g/mol. The van der Waals surface area contributed by atoms with Crippen LogP contribution in [0.1, 0.15) is 92.8 Å². The third kappa shape index (κ3) is 7.25. The second-order valence-corrected chi connectivity index (χ2v) is 7.43. The molecule has 2 aliphatic rings. The van der Waals surface area contributed by atoms with Gasteiger partial charge in [0.1, 0.15) is 0 Å². The summed E-state index contributed by atoms with van der Waals surface area (Å²) in [5, 5.41) is 24.9. The third-order valence-corrected chi connectivity index (χ3v) is 5.60. The van der Waals surface area contributed by atoms with Crippen LogP contribution in [0.15, 0.2) is 42.5 Å². The summed E-state index contributed by atoms with van der Waals surface area (Å²) in [5.41, 5.74) is 6.17. The Morgan fingerprint density at radius 1 is 1.00 bits per heavy atom. The van der Waals surface area contributed by atoms with Crippen LogP contribution in [0.2, 0.25) is 0 Å². The van der Waals surface area contributed by atoms with Gasteiger partial charge in [0.2, 0.25) is 0 Å². The van der Waals surface area contributed by atoms with E-state index < -0.39 is 0 Å². The molecule has 0 heterocycles. The Kier molecular flexibility index (Phi) is 11.7. The molecule has 0 radical (unpaired) electrons. The highest BCUT2D eigenvalue weighted by molar-refractivity contribution is 5.95. The Bertz CT molecular complexity index is 864. The zero-order valence-electron chi connectivity index (χ0n) is 19.6. The lowest BCUT2D eigenvalue weighted by Crippen LogP contribution is -2.12. The fraction of sp³-hybridized carbons (Fsp3) is 0.444. The van der Waals surface area contributed by atoms with Gasteiger partial charge in [-0.1, -0.05) is 51.5 Å². The number of allylic oxidation sites excluding steroid dienone is 2. The maximum Gasteiger partial charge on any atom is 0.159 e. The first-order chi connectivity index (χ1) is 15.0. The van der Waals surface area contributed by atoms with Gasteiger partial charge in [-0.2, -0.15) is 0 Å². The van der Waals surface area contributed by atoms with Crippen molar-refractivity contribution in [3.63, 3.8) is 0 Å². The van der Waals surface area contributed by atoms with Crippen LogP contribution in [0.4, 0.5) is 0 Å². The molecule has 0 spiro atoms. The van der Waals surface area contributed by atoms with Gasteiger partial charge < -0.3 is 15.3 Å².